The number of nitrogens with one attached hydrogen (secondary N) is 1. The van der Waals surface area contributed by atoms with E-state index in [-0.39, 0.29) is 18.3 Å². The Kier molecular flexibility index (Phi) is 8.27. The van der Waals surface area contributed by atoms with Crippen LogP contribution >= 0.6 is 0 Å². The predicted molar refractivity (Wildman–Crippen MR) is 116 cm³/mol. The second-order valence-corrected chi connectivity index (χ2v) is 7.47. The SMILES string of the molecule is COc1ccccc1OCC(=O)NC[C@@H]1CCCN(C/C=C/c2ccc(F)cc2)C1. The van der Waals surface area contributed by atoms with Crippen molar-refractivity contribution in [3.8, 4) is 11.5 Å². The number of ether oxygens (including phenoxy) is 2. The van der Waals surface area contributed by atoms with Crippen molar-refractivity contribution in [2.75, 3.05) is 39.9 Å². The van der Waals surface area contributed by atoms with Gasteiger partial charge in [0.15, 0.2) is 18.1 Å². The van der Waals surface area contributed by atoms with Gasteiger partial charge in [-0.2, -0.15) is 0 Å². The van der Waals surface area contributed by atoms with E-state index in [9.17, 15) is 9.18 Å². The molecule has 0 saturated carbocycles. The van der Waals surface area contributed by atoms with Gasteiger partial charge in [-0.15, -0.1) is 0 Å². The predicted octanol–water partition coefficient (Wildman–Crippen LogP) is 3.75. The number of piperidine rings is 1. The van der Waals surface area contributed by atoms with Crippen molar-refractivity contribution in [3.63, 3.8) is 0 Å². The summed E-state index contributed by atoms with van der Waals surface area (Å²) in [6.07, 6.45) is 6.34. The molecule has 0 unspecified atom stereocenters. The van der Waals surface area contributed by atoms with E-state index >= 15 is 0 Å². The molecule has 1 heterocycles. The molecular formula is C24H29FN2O3. The highest BCUT2D eigenvalue weighted by Crippen LogP contribution is 2.25. The lowest BCUT2D eigenvalue weighted by molar-refractivity contribution is -0.123. The molecule has 1 saturated heterocycles. The van der Waals surface area contributed by atoms with Gasteiger partial charge in [0, 0.05) is 19.6 Å². The fourth-order valence-electron chi connectivity index (χ4n) is 3.59. The molecule has 1 aliphatic heterocycles. The number of para-hydroxylation sites is 2. The summed E-state index contributed by atoms with van der Waals surface area (Å²) >= 11 is 0. The molecule has 0 bridgehead atoms. The van der Waals surface area contributed by atoms with Gasteiger partial charge in [0.05, 0.1) is 7.11 Å². The van der Waals surface area contributed by atoms with Gasteiger partial charge in [-0.05, 0) is 55.1 Å². The molecule has 1 N–H and O–H groups in total. The number of hydrogen-bond acceptors (Lipinski definition) is 4. The van der Waals surface area contributed by atoms with Crippen LogP contribution in [0.4, 0.5) is 4.39 Å². The Morgan fingerprint density at radius 2 is 1.97 bits per heavy atom. The zero-order valence-corrected chi connectivity index (χ0v) is 17.4. The molecule has 1 aliphatic rings. The first-order valence-electron chi connectivity index (χ1n) is 10.3. The van der Waals surface area contributed by atoms with E-state index in [1.807, 2.05) is 18.2 Å². The summed E-state index contributed by atoms with van der Waals surface area (Å²) < 4.78 is 23.8. The second-order valence-electron chi connectivity index (χ2n) is 7.47. The van der Waals surface area contributed by atoms with Crippen molar-refractivity contribution >= 4 is 12.0 Å². The van der Waals surface area contributed by atoms with Crippen LogP contribution in [0.15, 0.2) is 54.6 Å². The molecular weight excluding hydrogens is 383 g/mol. The standard InChI is InChI=1S/C24H29FN2O3/c1-29-22-8-2-3-9-23(22)30-18-24(28)26-16-20-7-5-15-27(17-20)14-4-6-19-10-12-21(25)13-11-19/h2-4,6,8-13,20H,5,7,14-18H2,1H3,(H,26,28)/b6-4+/t20-/m0/s1. The first-order chi connectivity index (χ1) is 14.6. The highest BCUT2D eigenvalue weighted by molar-refractivity contribution is 5.77. The van der Waals surface area contributed by atoms with Gasteiger partial charge in [0.25, 0.3) is 5.91 Å². The van der Waals surface area contributed by atoms with Gasteiger partial charge in [0.2, 0.25) is 0 Å². The lowest BCUT2D eigenvalue weighted by Gasteiger charge is -2.32. The number of likely N-dealkylation sites (tertiary alicyclic amines) is 1. The van der Waals surface area contributed by atoms with E-state index in [0.717, 1.165) is 38.0 Å². The van der Waals surface area contributed by atoms with Gasteiger partial charge in [-0.25, -0.2) is 4.39 Å². The average molecular weight is 413 g/mol. The van der Waals surface area contributed by atoms with Gasteiger partial charge in [-0.1, -0.05) is 36.4 Å². The normalized spacial score (nSPS) is 17.1. The molecule has 6 heteroatoms. The van der Waals surface area contributed by atoms with Gasteiger partial charge >= 0.3 is 0 Å². The van der Waals surface area contributed by atoms with Crippen LogP contribution < -0.4 is 14.8 Å². The molecule has 3 rings (SSSR count). The number of benzene rings is 2. The van der Waals surface area contributed by atoms with Crippen molar-refractivity contribution in [2.45, 2.75) is 12.8 Å². The smallest absolute Gasteiger partial charge is 0.257 e. The van der Waals surface area contributed by atoms with Crippen LogP contribution in [0.1, 0.15) is 18.4 Å². The second kappa shape index (κ2) is 11.4. The highest BCUT2D eigenvalue weighted by atomic mass is 19.1. The minimum absolute atomic E-state index is 0.0305. The van der Waals surface area contributed by atoms with Crippen molar-refractivity contribution in [2.24, 2.45) is 5.92 Å². The zero-order chi connectivity index (χ0) is 21.2. The molecule has 160 valence electrons. The summed E-state index contributed by atoms with van der Waals surface area (Å²) in [6, 6.07) is 13.8. The lowest BCUT2D eigenvalue weighted by Crippen LogP contribution is -2.41. The largest absolute Gasteiger partial charge is 0.493 e. The van der Waals surface area contributed by atoms with E-state index in [0.29, 0.717) is 24.0 Å². The Hall–Kier alpha value is -2.86. The van der Waals surface area contributed by atoms with Crippen molar-refractivity contribution in [1.29, 1.82) is 0 Å². The number of carbonyl (C=O) groups is 1. The highest BCUT2D eigenvalue weighted by Gasteiger charge is 2.19. The maximum absolute atomic E-state index is 13.0. The zero-order valence-electron chi connectivity index (χ0n) is 17.4. The Balaban J connectivity index is 1.38. The Labute approximate surface area is 177 Å². The molecule has 0 spiro atoms. The van der Waals surface area contributed by atoms with Crippen molar-refractivity contribution in [3.05, 3.63) is 66.0 Å². The third-order valence-electron chi connectivity index (χ3n) is 5.16. The number of rotatable bonds is 9. The number of amides is 1. The number of carbonyl (C=O) groups excluding carboxylic acids is 1. The maximum Gasteiger partial charge on any atom is 0.257 e. The molecule has 2 aromatic carbocycles. The number of halogens is 1. The van der Waals surface area contributed by atoms with Crippen LogP contribution in [-0.4, -0.2) is 50.7 Å². The number of nitrogens with zero attached hydrogens (tertiary/aromatic N) is 1. The number of hydrogen-bond donors (Lipinski definition) is 1. The average Bonchev–Trinajstić information content (AvgIpc) is 2.78. The van der Waals surface area contributed by atoms with Gasteiger partial charge in [-0.3, -0.25) is 9.69 Å². The maximum atomic E-state index is 13.0. The van der Waals surface area contributed by atoms with E-state index in [4.69, 9.17) is 9.47 Å². The minimum atomic E-state index is -0.221. The first kappa shape index (κ1) is 21.8. The topological polar surface area (TPSA) is 50.8 Å². The van der Waals surface area contributed by atoms with Gasteiger partial charge < -0.3 is 14.8 Å². The molecule has 1 atom stereocenters. The van der Waals surface area contributed by atoms with Crippen LogP contribution in [-0.2, 0) is 4.79 Å². The molecule has 0 aliphatic carbocycles. The molecule has 30 heavy (non-hydrogen) atoms. The monoisotopic (exact) mass is 412 g/mol. The van der Waals surface area contributed by atoms with Crippen molar-refractivity contribution in [1.82, 2.24) is 10.2 Å². The fourth-order valence-corrected chi connectivity index (χ4v) is 3.59. The Morgan fingerprint density at radius 3 is 2.73 bits per heavy atom. The van der Waals surface area contributed by atoms with Crippen LogP contribution in [0, 0.1) is 11.7 Å². The molecule has 1 fully saturated rings. The molecule has 0 aromatic heterocycles. The van der Waals surface area contributed by atoms with Crippen LogP contribution in [0.3, 0.4) is 0 Å². The first-order valence-corrected chi connectivity index (χ1v) is 10.3. The van der Waals surface area contributed by atoms with E-state index in [2.05, 4.69) is 16.3 Å². The van der Waals surface area contributed by atoms with Crippen molar-refractivity contribution < 1.29 is 18.7 Å². The van der Waals surface area contributed by atoms with Gasteiger partial charge in [0.1, 0.15) is 5.82 Å². The summed E-state index contributed by atoms with van der Waals surface area (Å²) in [4.78, 5) is 14.5. The molecule has 1 amide bonds. The van der Waals surface area contributed by atoms with E-state index < -0.39 is 0 Å². The van der Waals surface area contributed by atoms with Crippen LogP contribution in [0.25, 0.3) is 6.08 Å². The summed E-state index contributed by atoms with van der Waals surface area (Å²) in [7, 11) is 1.58. The summed E-state index contributed by atoms with van der Waals surface area (Å²) in [5.41, 5.74) is 0.993. The van der Waals surface area contributed by atoms with Crippen LogP contribution in [0.5, 0.6) is 11.5 Å². The molecule has 0 radical (unpaired) electrons. The quantitative estimate of drug-likeness (QED) is 0.682. The third-order valence-corrected chi connectivity index (χ3v) is 5.16. The third kappa shape index (κ3) is 6.88. The Morgan fingerprint density at radius 1 is 1.20 bits per heavy atom. The molecule has 5 nitrogen and oxygen atoms in total. The fraction of sp³-hybridized carbons (Fsp3) is 0.375. The minimum Gasteiger partial charge on any atom is -0.493 e. The van der Waals surface area contributed by atoms with Crippen LogP contribution in [0.2, 0.25) is 0 Å². The van der Waals surface area contributed by atoms with E-state index in [1.54, 1.807) is 31.4 Å². The molecule has 2 aromatic rings. The number of methoxy groups -OCH3 is 1. The summed E-state index contributed by atoms with van der Waals surface area (Å²) in [6.45, 7) is 3.46. The summed E-state index contributed by atoms with van der Waals surface area (Å²) in [5, 5.41) is 2.98. The summed E-state index contributed by atoms with van der Waals surface area (Å²) in [5.74, 6) is 1.25. The Bertz CT molecular complexity index is 839. The van der Waals surface area contributed by atoms with E-state index in [1.165, 1.54) is 12.1 Å². The lowest BCUT2D eigenvalue weighted by atomic mass is 9.98.